The number of aliphatic hydroxyl groups is 1. The van der Waals surface area contributed by atoms with Crippen molar-refractivity contribution in [2.45, 2.75) is 38.4 Å². The van der Waals surface area contributed by atoms with Crippen molar-refractivity contribution in [1.82, 2.24) is 4.90 Å². The first kappa shape index (κ1) is 16.0. The molecule has 4 nitrogen and oxygen atoms in total. The van der Waals surface area contributed by atoms with Gasteiger partial charge in [-0.3, -0.25) is 0 Å². The molecule has 21 heavy (non-hydrogen) atoms. The molecule has 0 bridgehead atoms. The Balaban J connectivity index is 1.95. The Morgan fingerprint density at radius 3 is 2.67 bits per heavy atom. The van der Waals surface area contributed by atoms with Gasteiger partial charge in [0.25, 0.3) is 0 Å². The fourth-order valence-electron chi connectivity index (χ4n) is 2.26. The number of ether oxygens (including phenoxy) is 1. The van der Waals surface area contributed by atoms with E-state index in [9.17, 15) is 14.3 Å². The van der Waals surface area contributed by atoms with Gasteiger partial charge in [0.05, 0.1) is 13.1 Å². The molecule has 0 radical (unpaired) electrons. The zero-order chi connectivity index (χ0) is 15.8. The van der Waals surface area contributed by atoms with Crippen molar-refractivity contribution >= 4 is 17.7 Å². The molecule has 0 spiro atoms. The van der Waals surface area contributed by atoms with Gasteiger partial charge >= 0.3 is 6.09 Å². The molecular weight excluding hydrogens is 297 g/mol. The summed E-state index contributed by atoms with van der Waals surface area (Å²) in [6.45, 7) is 5.64. The fourth-order valence-corrected chi connectivity index (χ4v) is 2.45. The number of hydrogen-bond acceptors (Lipinski definition) is 3. The molecular formula is C15H19ClFNO3. The number of benzene rings is 1. The van der Waals surface area contributed by atoms with E-state index in [4.69, 9.17) is 16.3 Å². The molecule has 6 heteroatoms. The monoisotopic (exact) mass is 315 g/mol. The van der Waals surface area contributed by atoms with Crippen LogP contribution >= 0.6 is 11.6 Å². The highest BCUT2D eigenvalue weighted by molar-refractivity contribution is 6.31. The normalized spacial score (nSPS) is 17.3. The maximum absolute atomic E-state index is 13.2. The average Bonchev–Trinajstić information content (AvgIpc) is 2.28. The SMILES string of the molecule is CC(C)(C)OC(=O)N1CC(O)(Cc2cc(F)ccc2Cl)C1. The Labute approximate surface area is 128 Å². The molecule has 116 valence electrons. The summed E-state index contributed by atoms with van der Waals surface area (Å²) in [7, 11) is 0. The van der Waals surface area contributed by atoms with Crippen molar-refractivity contribution in [2.24, 2.45) is 0 Å². The average molecular weight is 316 g/mol. The first-order valence-electron chi connectivity index (χ1n) is 6.72. The van der Waals surface area contributed by atoms with E-state index in [0.717, 1.165) is 0 Å². The van der Waals surface area contributed by atoms with Crippen molar-refractivity contribution < 1.29 is 19.0 Å². The van der Waals surface area contributed by atoms with Crippen LogP contribution in [0.3, 0.4) is 0 Å². The molecule has 0 aromatic heterocycles. The third kappa shape index (κ3) is 4.08. The van der Waals surface area contributed by atoms with Crippen molar-refractivity contribution in [3.8, 4) is 0 Å². The largest absolute Gasteiger partial charge is 0.444 e. The molecule has 2 rings (SSSR count). The minimum atomic E-state index is -1.09. The van der Waals surface area contributed by atoms with Gasteiger partial charge < -0.3 is 14.7 Å². The summed E-state index contributed by atoms with van der Waals surface area (Å²) < 4.78 is 18.4. The number of carbonyl (C=O) groups is 1. The molecule has 1 fully saturated rings. The van der Waals surface area contributed by atoms with E-state index in [1.54, 1.807) is 20.8 Å². The highest BCUT2D eigenvalue weighted by atomic mass is 35.5. The van der Waals surface area contributed by atoms with E-state index in [1.807, 2.05) is 0 Å². The lowest BCUT2D eigenvalue weighted by Gasteiger charge is -2.46. The third-order valence-corrected chi connectivity index (χ3v) is 3.52. The van der Waals surface area contributed by atoms with Gasteiger partial charge in [0.15, 0.2) is 0 Å². The van der Waals surface area contributed by atoms with Crippen LogP contribution in [0, 0.1) is 5.82 Å². The van der Waals surface area contributed by atoms with Crippen LogP contribution in [0.5, 0.6) is 0 Å². The first-order valence-corrected chi connectivity index (χ1v) is 7.10. The second-order valence-electron chi connectivity index (χ2n) is 6.47. The summed E-state index contributed by atoms with van der Waals surface area (Å²) >= 11 is 5.99. The number of amides is 1. The molecule has 1 aliphatic rings. The van der Waals surface area contributed by atoms with Crippen molar-refractivity contribution in [3.05, 3.63) is 34.6 Å². The number of hydrogen-bond donors (Lipinski definition) is 1. The highest BCUT2D eigenvalue weighted by Gasteiger charge is 2.45. The molecule has 1 heterocycles. The summed E-state index contributed by atoms with van der Waals surface area (Å²) in [6, 6.07) is 4.03. The summed E-state index contributed by atoms with van der Waals surface area (Å²) in [5.74, 6) is -0.402. The maximum Gasteiger partial charge on any atom is 0.410 e. The van der Waals surface area contributed by atoms with Crippen LogP contribution in [0.25, 0.3) is 0 Å². The predicted molar refractivity (Wildman–Crippen MR) is 77.9 cm³/mol. The van der Waals surface area contributed by atoms with Gasteiger partial charge in [-0.2, -0.15) is 0 Å². The number of β-amino-alcohol motifs (C(OH)–C–C–N with tert-alkyl or cyclic N) is 1. The zero-order valence-electron chi connectivity index (χ0n) is 12.3. The van der Waals surface area contributed by atoms with Crippen LogP contribution < -0.4 is 0 Å². The minimum Gasteiger partial charge on any atom is -0.444 e. The molecule has 1 saturated heterocycles. The van der Waals surface area contributed by atoms with E-state index in [-0.39, 0.29) is 19.5 Å². The summed E-state index contributed by atoms with van der Waals surface area (Å²) in [6.07, 6.45) is -0.263. The number of rotatable bonds is 2. The van der Waals surface area contributed by atoms with Crippen molar-refractivity contribution in [3.63, 3.8) is 0 Å². The second-order valence-corrected chi connectivity index (χ2v) is 6.88. The summed E-state index contributed by atoms with van der Waals surface area (Å²) in [5, 5.41) is 10.8. The molecule has 0 saturated carbocycles. The van der Waals surface area contributed by atoms with Gasteiger partial charge in [-0.25, -0.2) is 9.18 Å². The summed E-state index contributed by atoms with van der Waals surface area (Å²) in [4.78, 5) is 13.2. The Morgan fingerprint density at radius 2 is 2.10 bits per heavy atom. The topological polar surface area (TPSA) is 49.8 Å². The second kappa shape index (κ2) is 5.46. The molecule has 1 aromatic carbocycles. The number of halogens is 2. The Bertz CT molecular complexity index is 550. The molecule has 1 aromatic rings. The van der Waals surface area contributed by atoms with E-state index >= 15 is 0 Å². The summed E-state index contributed by atoms with van der Waals surface area (Å²) in [5.41, 5.74) is -1.13. The molecule has 1 aliphatic heterocycles. The number of nitrogens with zero attached hydrogens (tertiary/aromatic N) is 1. The zero-order valence-corrected chi connectivity index (χ0v) is 13.1. The molecule has 0 unspecified atom stereocenters. The Hall–Kier alpha value is -1.33. The van der Waals surface area contributed by atoms with Gasteiger partial charge in [0.1, 0.15) is 17.0 Å². The lowest BCUT2D eigenvalue weighted by molar-refractivity contribution is -0.0973. The Kier molecular flexibility index (Phi) is 4.17. The Morgan fingerprint density at radius 1 is 1.48 bits per heavy atom. The first-order chi connectivity index (χ1) is 9.58. The predicted octanol–water partition coefficient (Wildman–Crippen LogP) is 3.00. The van der Waals surface area contributed by atoms with Gasteiger partial charge in [0.2, 0.25) is 0 Å². The maximum atomic E-state index is 13.2. The van der Waals surface area contributed by atoms with Crippen molar-refractivity contribution in [1.29, 1.82) is 0 Å². The van der Waals surface area contributed by atoms with E-state index in [0.29, 0.717) is 10.6 Å². The molecule has 1 N–H and O–H groups in total. The number of likely N-dealkylation sites (tertiary alicyclic amines) is 1. The van der Waals surface area contributed by atoms with Gasteiger partial charge in [0, 0.05) is 11.4 Å². The van der Waals surface area contributed by atoms with E-state index in [1.165, 1.54) is 23.1 Å². The molecule has 0 aliphatic carbocycles. The van der Waals surface area contributed by atoms with Crippen LogP contribution in [0.2, 0.25) is 5.02 Å². The lowest BCUT2D eigenvalue weighted by atomic mass is 9.87. The van der Waals surface area contributed by atoms with Crippen LogP contribution in [-0.4, -0.2) is 40.4 Å². The lowest BCUT2D eigenvalue weighted by Crippen LogP contribution is -2.65. The van der Waals surface area contributed by atoms with E-state index in [2.05, 4.69) is 0 Å². The smallest absolute Gasteiger partial charge is 0.410 e. The van der Waals surface area contributed by atoms with E-state index < -0.39 is 23.1 Å². The van der Waals surface area contributed by atoms with Crippen LogP contribution in [-0.2, 0) is 11.2 Å². The molecule has 1 amide bonds. The van der Waals surface area contributed by atoms with Crippen LogP contribution in [0.4, 0.5) is 9.18 Å². The molecule has 0 atom stereocenters. The standard InChI is InChI=1S/C15H19ClFNO3/c1-14(2,3)21-13(19)18-8-15(20,9-18)7-10-6-11(17)4-5-12(10)16/h4-6,20H,7-9H2,1-3H3. The van der Waals surface area contributed by atoms with Crippen molar-refractivity contribution in [2.75, 3.05) is 13.1 Å². The van der Waals surface area contributed by atoms with Crippen LogP contribution in [0.15, 0.2) is 18.2 Å². The fraction of sp³-hybridized carbons (Fsp3) is 0.533. The highest BCUT2D eigenvalue weighted by Crippen LogP contribution is 2.30. The van der Waals surface area contributed by atoms with Gasteiger partial charge in [-0.05, 0) is 44.5 Å². The minimum absolute atomic E-state index is 0.148. The third-order valence-electron chi connectivity index (χ3n) is 3.15. The van der Waals surface area contributed by atoms with Gasteiger partial charge in [-0.15, -0.1) is 0 Å². The number of carbonyl (C=O) groups excluding carboxylic acids is 1. The van der Waals surface area contributed by atoms with Crippen LogP contribution in [0.1, 0.15) is 26.3 Å². The quantitative estimate of drug-likeness (QED) is 0.912. The van der Waals surface area contributed by atoms with Gasteiger partial charge in [-0.1, -0.05) is 11.6 Å².